The summed E-state index contributed by atoms with van der Waals surface area (Å²) < 4.78 is 4.32. The Morgan fingerprint density at radius 3 is 2.14 bits per heavy atom. The minimum Gasteiger partial charge on any atom is -0.389 e. The lowest BCUT2D eigenvalue weighted by molar-refractivity contribution is 0.169. The first-order valence-corrected chi connectivity index (χ1v) is 11.0. The molecule has 28 heavy (non-hydrogen) atoms. The number of benzene rings is 3. The molecule has 0 fully saturated rings. The maximum atomic E-state index is 10.8. The number of aliphatic hydroxyl groups excluding tert-OH is 1. The van der Waals surface area contributed by atoms with E-state index in [1.54, 1.807) is 0 Å². The summed E-state index contributed by atoms with van der Waals surface area (Å²) in [5, 5.41) is 16.5. The zero-order valence-corrected chi connectivity index (χ0v) is 18.8. The van der Waals surface area contributed by atoms with Gasteiger partial charge in [0.25, 0.3) is 0 Å². The number of hydrogen-bond acceptors (Lipinski definition) is 2. The fourth-order valence-corrected chi connectivity index (χ4v) is 4.47. The van der Waals surface area contributed by atoms with E-state index in [1.165, 1.54) is 16.3 Å². The molecule has 0 aliphatic heterocycles. The van der Waals surface area contributed by atoms with Crippen LogP contribution in [-0.4, -0.2) is 22.3 Å². The van der Waals surface area contributed by atoms with Crippen LogP contribution in [0.1, 0.15) is 12.5 Å². The van der Waals surface area contributed by atoms with Crippen LogP contribution in [0.5, 0.6) is 0 Å². The predicted molar refractivity (Wildman–Crippen MR) is 125 cm³/mol. The van der Waals surface area contributed by atoms with Gasteiger partial charge in [-0.3, -0.25) is 0 Å². The van der Waals surface area contributed by atoms with Gasteiger partial charge in [0.2, 0.25) is 0 Å². The largest absolute Gasteiger partial charge is 0.389 e. The molecule has 4 aromatic rings. The lowest BCUT2D eigenvalue weighted by Crippen LogP contribution is -2.25. The van der Waals surface area contributed by atoms with Crippen LogP contribution >= 0.6 is 31.9 Å². The minimum atomic E-state index is -0.504. The van der Waals surface area contributed by atoms with Crippen LogP contribution in [0.2, 0.25) is 0 Å². The molecule has 0 spiro atoms. The number of anilines is 1. The maximum Gasteiger partial charge on any atom is 0.0891 e. The Balaban J connectivity index is 1.63. The van der Waals surface area contributed by atoms with Crippen LogP contribution < -0.4 is 5.32 Å². The van der Waals surface area contributed by atoms with E-state index in [0.29, 0.717) is 13.1 Å². The third-order valence-corrected chi connectivity index (χ3v) is 6.10. The Bertz CT molecular complexity index is 1080. The Kier molecular flexibility index (Phi) is 5.76. The van der Waals surface area contributed by atoms with Crippen molar-refractivity contribution in [3.63, 3.8) is 0 Å². The first-order valence-electron chi connectivity index (χ1n) is 9.43. The summed E-state index contributed by atoms with van der Waals surface area (Å²) in [4.78, 5) is 0. The molecule has 4 rings (SSSR count). The smallest absolute Gasteiger partial charge is 0.0891 e. The van der Waals surface area contributed by atoms with Crippen LogP contribution in [0.4, 0.5) is 5.69 Å². The summed E-state index contributed by atoms with van der Waals surface area (Å²) in [7, 11) is 0. The molecule has 2 N–H and O–H groups in total. The molecule has 3 aromatic carbocycles. The van der Waals surface area contributed by atoms with E-state index in [4.69, 9.17) is 0 Å². The van der Waals surface area contributed by atoms with Crippen molar-refractivity contribution in [2.24, 2.45) is 0 Å². The normalized spacial score (nSPS) is 12.6. The van der Waals surface area contributed by atoms with E-state index >= 15 is 0 Å². The highest BCUT2D eigenvalue weighted by atomic mass is 79.9. The molecule has 0 aliphatic rings. The van der Waals surface area contributed by atoms with Gasteiger partial charge in [-0.1, -0.05) is 57.0 Å². The molecule has 144 valence electrons. The summed E-state index contributed by atoms with van der Waals surface area (Å²) in [6.45, 7) is 3.18. The highest BCUT2D eigenvalue weighted by molar-refractivity contribution is 9.10. The van der Waals surface area contributed by atoms with Gasteiger partial charge < -0.3 is 15.0 Å². The Morgan fingerprint density at radius 1 is 0.929 bits per heavy atom. The number of aromatic nitrogens is 1. The standard InChI is InChI=1S/C23H22Br2N2O/c1-2-15-5-3-4-6-21(15)26-13-18(28)14-27-22-9-7-16(24)11-19(22)20-12-17(25)8-10-23(20)27/h3-12,18,26,28H,2,13-14H2,1H3/t18-/m0/s1. The third kappa shape index (κ3) is 3.84. The van der Waals surface area contributed by atoms with E-state index in [9.17, 15) is 5.11 Å². The van der Waals surface area contributed by atoms with Crippen LogP contribution in [-0.2, 0) is 13.0 Å². The molecule has 0 saturated heterocycles. The minimum absolute atomic E-state index is 0.504. The zero-order chi connectivity index (χ0) is 19.7. The van der Waals surface area contributed by atoms with Crippen molar-refractivity contribution in [3.8, 4) is 0 Å². The van der Waals surface area contributed by atoms with Gasteiger partial charge in [-0.25, -0.2) is 0 Å². The number of rotatable bonds is 6. The van der Waals surface area contributed by atoms with Crippen molar-refractivity contribution in [1.29, 1.82) is 0 Å². The number of hydrogen-bond donors (Lipinski definition) is 2. The van der Waals surface area contributed by atoms with Crippen molar-refractivity contribution >= 4 is 59.4 Å². The summed E-state index contributed by atoms with van der Waals surface area (Å²) in [5.74, 6) is 0. The molecule has 3 nitrogen and oxygen atoms in total. The predicted octanol–water partition coefficient (Wildman–Crippen LogP) is 6.35. The second-order valence-corrected chi connectivity index (χ2v) is 8.81. The number of aliphatic hydroxyl groups is 1. The quantitative estimate of drug-likeness (QED) is 0.322. The van der Waals surface area contributed by atoms with Gasteiger partial charge in [0.1, 0.15) is 0 Å². The highest BCUT2D eigenvalue weighted by Crippen LogP contribution is 2.33. The van der Waals surface area contributed by atoms with E-state index in [2.05, 4.69) is 103 Å². The first-order chi connectivity index (χ1) is 13.6. The number of nitrogens with one attached hydrogen (secondary N) is 1. The first kappa shape index (κ1) is 19.5. The van der Waals surface area contributed by atoms with Gasteiger partial charge in [-0.05, 0) is 54.4 Å². The zero-order valence-electron chi connectivity index (χ0n) is 15.6. The van der Waals surface area contributed by atoms with Crippen molar-refractivity contribution in [2.75, 3.05) is 11.9 Å². The molecule has 0 bridgehead atoms. The molecular weight excluding hydrogens is 480 g/mol. The number of para-hydroxylation sites is 1. The number of aryl methyl sites for hydroxylation is 1. The van der Waals surface area contributed by atoms with Crippen LogP contribution in [0, 0.1) is 0 Å². The van der Waals surface area contributed by atoms with E-state index in [-0.39, 0.29) is 0 Å². The molecular formula is C23H22Br2N2O. The van der Waals surface area contributed by atoms with Crippen molar-refractivity contribution < 1.29 is 5.11 Å². The lowest BCUT2D eigenvalue weighted by Gasteiger charge is -2.17. The van der Waals surface area contributed by atoms with Crippen molar-refractivity contribution in [3.05, 3.63) is 75.2 Å². The van der Waals surface area contributed by atoms with Gasteiger partial charge >= 0.3 is 0 Å². The van der Waals surface area contributed by atoms with E-state index in [1.807, 2.05) is 6.07 Å². The van der Waals surface area contributed by atoms with Gasteiger partial charge in [0, 0.05) is 43.0 Å². The highest BCUT2D eigenvalue weighted by Gasteiger charge is 2.15. The van der Waals surface area contributed by atoms with Gasteiger partial charge in [0.05, 0.1) is 12.6 Å². The second-order valence-electron chi connectivity index (χ2n) is 6.98. The average Bonchev–Trinajstić information content (AvgIpc) is 2.98. The Hall–Kier alpha value is -1.82. The molecule has 0 unspecified atom stereocenters. The third-order valence-electron chi connectivity index (χ3n) is 5.11. The molecule has 1 heterocycles. The lowest BCUT2D eigenvalue weighted by atomic mass is 10.1. The maximum absolute atomic E-state index is 10.8. The molecule has 1 aromatic heterocycles. The van der Waals surface area contributed by atoms with Crippen LogP contribution in [0.25, 0.3) is 21.8 Å². The molecule has 1 atom stereocenters. The fourth-order valence-electron chi connectivity index (χ4n) is 3.75. The molecule has 0 saturated carbocycles. The Labute approximate surface area is 181 Å². The molecule has 5 heteroatoms. The molecule has 0 amide bonds. The Morgan fingerprint density at radius 2 is 1.54 bits per heavy atom. The topological polar surface area (TPSA) is 37.2 Å². The summed E-state index contributed by atoms with van der Waals surface area (Å²) >= 11 is 7.16. The summed E-state index contributed by atoms with van der Waals surface area (Å²) in [6.07, 6.45) is 0.464. The molecule has 0 aliphatic carbocycles. The van der Waals surface area contributed by atoms with Gasteiger partial charge in [-0.15, -0.1) is 0 Å². The number of halogens is 2. The van der Waals surface area contributed by atoms with Crippen LogP contribution in [0.3, 0.4) is 0 Å². The second kappa shape index (κ2) is 8.27. The average molecular weight is 502 g/mol. The summed E-state index contributed by atoms with van der Waals surface area (Å²) in [5.41, 5.74) is 4.62. The van der Waals surface area contributed by atoms with E-state index in [0.717, 1.165) is 32.1 Å². The monoisotopic (exact) mass is 500 g/mol. The SMILES string of the molecule is CCc1ccccc1NC[C@H](O)Cn1c2ccc(Br)cc2c2cc(Br)ccc21. The molecule has 0 radical (unpaired) electrons. The number of nitrogens with zero attached hydrogens (tertiary/aromatic N) is 1. The van der Waals surface area contributed by atoms with Crippen molar-refractivity contribution in [2.45, 2.75) is 26.0 Å². The fraction of sp³-hybridized carbons (Fsp3) is 0.217. The van der Waals surface area contributed by atoms with Crippen LogP contribution in [0.15, 0.2) is 69.6 Å². The van der Waals surface area contributed by atoms with Gasteiger partial charge in [0.15, 0.2) is 0 Å². The van der Waals surface area contributed by atoms with Gasteiger partial charge in [-0.2, -0.15) is 0 Å². The number of fused-ring (bicyclic) bond motifs is 3. The van der Waals surface area contributed by atoms with E-state index < -0.39 is 6.10 Å². The van der Waals surface area contributed by atoms with Crippen molar-refractivity contribution in [1.82, 2.24) is 4.57 Å². The summed E-state index contributed by atoms with van der Waals surface area (Å²) in [6, 6.07) is 20.9.